The second-order valence-corrected chi connectivity index (χ2v) is 3.51. The van der Waals surface area contributed by atoms with Crippen LogP contribution in [0.5, 0.6) is 5.88 Å². The average Bonchev–Trinajstić information content (AvgIpc) is 2.80. The summed E-state index contributed by atoms with van der Waals surface area (Å²) in [5, 5.41) is 7.80. The van der Waals surface area contributed by atoms with Gasteiger partial charge in [-0.15, -0.1) is 5.10 Å². The van der Waals surface area contributed by atoms with Crippen LogP contribution in [-0.4, -0.2) is 29.5 Å². The van der Waals surface area contributed by atoms with E-state index in [0.29, 0.717) is 19.0 Å². The van der Waals surface area contributed by atoms with Crippen molar-refractivity contribution < 1.29 is 9.47 Å². The van der Waals surface area contributed by atoms with E-state index in [9.17, 15) is 0 Å². The fraction of sp³-hybridized carbons (Fsp3) is 0.600. The van der Waals surface area contributed by atoms with E-state index in [1.807, 2.05) is 6.07 Å². The summed E-state index contributed by atoms with van der Waals surface area (Å²) in [5.41, 5.74) is 6.17. The summed E-state index contributed by atoms with van der Waals surface area (Å²) < 4.78 is 10.9. The molecule has 0 aromatic carbocycles. The maximum atomic E-state index is 5.45. The van der Waals surface area contributed by atoms with Gasteiger partial charge >= 0.3 is 0 Å². The van der Waals surface area contributed by atoms with Crippen LogP contribution in [-0.2, 0) is 11.3 Å². The van der Waals surface area contributed by atoms with Crippen molar-refractivity contribution >= 4 is 0 Å². The molecule has 5 nitrogen and oxygen atoms in total. The van der Waals surface area contributed by atoms with Crippen molar-refractivity contribution in [3.05, 3.63) is 17.8 Å². The zero-order chi connectivity index (χ0) is 10.5. The van der Waals surface area contributed by atoms with Gasteiger partial charge in [-0.25, -0.2) is 0 Å². The molecule has 0 spiro atoms. The molecule has 0 amide bonds. The lowest BCUT2D eigenvalue weighted by Gasteiger charge is -2.09. The van der Waals surface area contributed by atoms with E-state index in [0.717, 1.165) is 25.1 Å². The Morgan fingerprint density at radius 3 is 3.00 bits per heavy atom. The quantitative estimate of drug-likeness (QED) is 0.781. The number of hydrogen-bond acceptors (Lipinski definition) is 5. The predicted molar refractivity (Wildman–Crippen MR) is 54.4 cm³/mol. The van der Waals surface area contributed by atoms with E-state index >= 15 is 0 Å². The van der Waals surface area contributed by atoms with Gasteiger partial charge in [0.25, 0.3) is 0 Å². The minimum absolute atomic E-state index is 0.209. The predicted octanol–water partition coefficient (Wildman–Crippen LogP) is 0.493. The van der Waals surface area contributed by atoms with Crippen LogP contribution in [0.4, 0.5) is 0 Å². The summed E-state index contributed by atoms with van der Waals surface area (Å²) >= 11 is 0. The van der Waals surface area contributed by atoms with E-state index < -0.39 is 0 Å². The van der Waals surface area contributed by atoms with Crippen molar-refractivity contribution in [2.24, 2.45) is 5.73 Å². The Kier molecular flexibility index (Phi) is 3.47. The number of rotatable bonds is 4. The lowest BCUT2D eigenvalue weighted by molar-refractivity contribution is 0.0659. The highest BCUT2D eigenvalue weighted by Crippen LogP contribution is 2.13. The van der Waals surface area contributed by atoms with Crippen molar-refractivity contribution in [2.75, 3.05) is 13.2 Å². The molecule has 0 radical (unpaired) electrons. The van der Waals surface area contributed by atoms with Crippen molar-refractivity contribution in [1.82, 2.24) is 10.2 Å². The zero-order valence-corrected chi connectivity index (χ0v) is 8.56. The second kappa shape index (κ2) is 5.04. The van der Waals surface area contributed by atoms with Gasteiger partial charge in [-0.3, -0.25) is 0 Å². The van der Waals surface area contributed by atoms with Crippen molar-refractivity contribution in [3.63, 3.8) is 0 Å². The summed E-state index contributed by atoms with van der Waals surface area (Å²) in [4.78, 5) is 0. The van der Waals surface area contributed by atoms with Crippen LogP contribution in [0.2, 0.25) is 0 Å². The molecule has 1 aromatic rings. The van der Waals surface area contributed by atoms with Crippen molar-refractivity contribution in [2.45, 2.75) is 25.5 Å². The van der Waals surface area contributed by atoms with Gasteiger partial charge < -0.3 is 15.2 Å². The molecule has 0 bridgehead atoms. The molecule has 2 heterocycles. The van der Waals surface area contributed by atoms with Gasteiger partial charge in [0, 0.05) is 19.2 Å². The van der Waals surface area contributed by atoms with E-state index in [4.69, 9.17) is 15.2 Å². The van der Waals surface area contributed by atoms with Crippen LogP contribution in [0.1, 0.15) is 18.5 Å². The first kappa shape index (κ1) is 10.3. The van der Waals surface area contributed by atoms with E-state index in [1.54, 1.807) is 6.07 Å². The van der Waals surface area contributed by atoms with Crippen LogP contribution >= 0.6 is 0 Å². The molecule has 1 fully saturated rings. The van der Waals surface area contributed by atoms with Crippen LogP contribution in [0.15, 0.2) is 12.1 Å². The summed E-state index contributed by atoms with van der Waals surface area (Å²) in [7, 11) is 0. The van der Waals surface area contributed by atoms with Gasteiger partial charge in [0.2, 0.25) is 5.88 Å². The number of nitrogens with zero attached hydrogens (tertiary/aromatic N) is 2. The van der Waals surface area contributed by atoms with Gasteiger partial charge in [0.05, 0.1) is 11.8 Å². The first-order valence-electron chi connectivity index (χ1n) is 5.15. The highest BCUT2D eigenvalue weighted by Gasteiger charge is 2.16. The standard InChI is InChI=1S/C10H15N3O2/c11-6-8-3-4-10(13-12-8)15-7-9-2-1-5-14-9/h3-4,9H,1-2,5-7,11H2. The lowest BCUT2D eigenvalue weighted by atomic mass is 10.2. The van der Waals surface area contributed by atoms with Crippen LogP contribution < -0.4 is 10.5 Å². The molecule has 1 unspecified atom stereocenters. The van der Waals surface area contributed by atoms with Crippen LogP contribution in [0, 0.1) is 0 Å². The maximum absolute atomic E-state index is 5.45. The molecule has 0 aliphatic carbocycles. The molecule has 1 saturated heterocycles. The molecule has 2 N–H and O–H groups in total. The van der Waals surface area contributed by atoms with Gasteiger partial charge in [0.15, 0.2) is 0 Å². The molecule has 1 atom stereocenters. The van der Waals surface area contributed by atoms with Crippen molar-refractivity contribution in [1.29, 1.82) is 0 Å². The van der Waals surface area contributed by atoms with Crippen molar-refractivity contribution in [3.8, 4) is 5.88 Å². The minimum atomic E-state index is 0.209. The third-order valence-corrected chi connectivity index (χ3v) is 2.35. The number of ether oxygens (including phenoxy) is 2. The molecule has 5 heteroatoms. The summed E-state index contributed by atoms with van der Waals surface area (Å²) in [6, 6.07) is 3.60. The maximum Gasteiger partial charge on any atom is 0.233 e. The van der Waals surface area contributed by atoms with Crippen LogP contribution in [0.25, 0.3) is 0 Å². The molecule has 2 rings (SSSR count). The number of hydrogen-bond donors (Lipinski definition) is 1. The SMILES string of the molecule is NCc1ccc(OCC2CCCO2)nn1. The monoisotopic (exact) mass is 209 g/mol. The second-order valence-electron chi connectivity index (χ2n) is 3.51. The molecular formula is C10H15N3O2. The minimum Gasteiger partial charge on any atom is -0.474 e. The number of nitrogens with two attached hydrogens (primary N) is 1. The normalized spacial score (nSPS) is 20.5. The lowest BCUT2D eigenvalue weighted by Crippen LogP contribution is -2.17. The number of aromatic nitrogens is 2. The Balaban J connectivity index is 1.82. The highest BCUT2D eigenvalue weighted by molar-refractivity contribution is 5.11. The molecule has 82 valence electrons. The molecule has 1 aromatic heterocycles. The summed E-state index contributed by atoms with van der Waals surface area (Å²) in [6.45, 7) is 1.79. The molecular weight excluding hydrogens is 194 g/mol. The van der Waals surface area contributed by atoms with Crippen LogP contribution in [0.3, 0.4) is 0 Å². The highest BCUT2D eigenvalue weighted by atomic mass is 16.5. The Labute approximate surface area is 88.6 Å². The third kappa shape index (κ3) is 2.87. The first-order chi connectivity index (χ1) is 7.38. The van der Waals surface area contributed by atoms with Gasteiger partial charge in [-0.2, -0.15) is 5.10 Å². The Bertz CT molecular complexity index is 296. The van der Waals surface area contributed by atoms with E-state index in [2.05, 4.69) is 10.2 Å². The summed E-state index contributed by atoms with van der Waals surface area (Å²) in [5.74, 6) is 0.530. The fourth-order valence-corrected chi connectivity index (χ4v) is 1.49. The molecule has 1 aliphatic heterocycles. The Hall–Kier alpha value is -1.20. The van der Waals surface area contributed by atoms with E-state index in [-0.39, 0.29) is 6.10 Å². The van der Waals surface area contributed by atoms with Gasteiger partial charge in [0.1, 0.15) is 6.61 Å². The Morgan fingerprint density at radius 2 is 2.40 bits per heavy atom. The average molecular weight is 209 g/mol. The Morgan fingerprint density at radius 1 is 1.47 bits per heavy atom. The van der Waals surface area contributed by atoms with E-state index in [1.165, 1.54) is 0 Å². The summed E-state index contributed by atoms with van der Waals surface area (Å²) in [6.07, 6.45) is 2.39. The molecule has 1 aliphatic rings. The largest absolute Gasteiger partial charge is 0.474 e. The smallest absolute Gasteiger partial charge is 0.233 e. The zero-order valence-electron chi connectivity index (χ0n) is 8.56. The molecule has 15 heavy (non-hydrogen) atoms. The molecule has 0 saturated carbocycles. The fourth-order valence-electron chi connectivity index (χ4n) is 1.49. The topological polar surface area (TPSA) is 70.3 Å². The van der Waals surface area contributed by atoms with Gasteiger partial charge in [-0.1, -0.05) is 0 Å². The first-order valence-corrected chi connectivity index (χ1v) is 5.15. The van der Waals surface area contributed by atoms with Gasteiger partial charge in [-0.05, 0) is 18.9 Å². The third-order valence-electron chi connectivity index (χ3n) is 2.35.